The summed E-state index contributed by atoms with van der Waals surface area (Å²) in [5.41, 5.74) is 0.939. The summed E-state index contributed by atoms with van der Waals surface area (Å²) in [7, 11) is 8.24. The number of likely N-dealkylation sites (N-methyl/N-ethyl adjacent to an activating group) is 1. The molecule has 2 aromatic carbocycles. The molecule has 35 heavy (non-hydrogen) atoms. The third kappa shape index (κ3) is 5.19. The Balaban J connectivity index is 2.21. The molecule has 0 spiro atoms. The van der Waals surface area contributed by atoms with Gasteiger partial charge in [0.05, 0.1) is 39.6 Å². The number of hydrogen-bond acceptors (Lipinski definition) is 8. The van der Waals surface area contributed by atoms with E-state index in [1.807, 2.05) is 25.9 Å². The molecule has 2 aromatic rings. The number of rotatable bonds is 10. The largest absolute Gasteiger partial charge is 0.507 e. The van der Waals surface area contributed by atoms with Crippen LogP contribution < -0.4 is 18.9 Å². The summed E-state index contributed by atoms with van der Waals surface area (Å²) >= 11 is 0. The van der Waals surface area contributed by atoms with Gasteiger partial charge in [-0.2, -0.15) is 0 Å². The lowest BCUT2D eigenvalue weighted by atomic mass is 9.94. The zero-order valence-electron chi connectivity index (χ0n) is 21.0. The van der Waals surface area contributed by atoms with E-state index in [0.717, 1.165) is 0 Å². The van der Waals surface area contributed by atoms with Gasteiger partial charge in [0.15, 0.2) is 11.5 Å². The zero-order chi connectivity index (χ0) is 25.7. The van der Waals surface area contributed by atoms with Crippen LogP contribution in [0.3, 0.4) is 0 Å². The Morgan fingerprint density at radius 2 is 1.60 bits per heavy atom. The van der Waals surface area contributed by atoms with Gasteiger partial charge in [-0.05, 0) is 63.0 Å². The number of ketones is 1. The molecule has 0 radical (unpaired) electrons. The van der Waals surface area contributed by atoms with E-state index in [1.165, 1.54) is 26.2 Å². The second-order valence-corrected chi connectivity index (χ2v) is 8.21. The number of Topliss-reactive ketones (excluding diaryl/α,β-unsaturated/α-hetero) is 1. The average Bonchev–Trinajstić information content (AvgIpc) is 3.11. The van der Waals surface area contributed by atoms with Crippen molar-refractivity contribution in [1.82, 2.24) is 9.80 Å². The van der Waals surface area contributed by atoms with Crippen molar-refractivity contribution in [2.75, 3.05) is 55.1 Å². The summed E-state index contributed by atoms with van der Waals surface area (Å²) in [4.78, 5) is 29.7. The predicted octanol–water partition coefficient (Wildman–Crippen LogP) is 3.09. The second-order valence-electron chi connectivity index (χ2n) is 8.21. The van der Waals surface area contributed by atoms with E-state index in [0.29, 0.717) is 47.3 Å². The van der Waals surface area contributed by atoms with Crippen molar-refractivity contribution in [3.8, 4) is 23.0 Å². The summed E-state index contributed by atoms with van der Waals surface area (Å²) < 4.78 is 21.9. The maximum atomic E-state index is 13.2. The molecule has 188 valence electrons. The summed E-state index contributed by atoms with van der Waals surface area (Å²) in [6.07, 6.45) is 0. The molecule has 1 saturated heterocycles. The van der Waals surface area contributed by atoms with Crippen molar-refractivity contribution >= 4 is 17.4 Å². The highest BCUT2D eigenvalue weighted by atomic mass is 16.5. The molecule has 1 heterocycles. The van der Waals surface area contributed by atoms with Crippen LogP contribution in [0.5, 0.6) is 23.0 Å². The number of hydrogen-bond donors (Lipinski definition) is 1. The van der Waals surface area contributed by atoms with Gasteiger partial charge >= 0.3 is 0 Å². The van der Waals surface area contributed by atoms with Crippen LogP contribution in [-0.2, 0) is 9.59 Å². The number of carbonyl (C=O) groups excluding carboxylic acids is 2. The first-order valence-corrected chi connectivity index (χ1v) is 11.2. The van der Waals surface area contributed by atoms with Crippen LogP contribution in [-0.4, -0.2) is 81.7 Å². The molecule has 0 unspecified atom stereocenters. The lowest BCUT2D eigenvalue weighted by Crippen LogP contribution is -2.35. The molecule has 9 nitrogen and oxygen atoms in total. The standard InChI is InChI=1S/C26H32N2O7/c1-7-35-18-10-8-16(9-11-18)23(29)21-22(28(13-12-27(2)3)26(31)24(21)30)17-14-19(32-4)25(34-6)20(15-17)33-5/h8-11,14-15,22,29H,7,12-13H2,1-6H3/t22-/m1/s1. The minimum Gasteiger partial charge on any atom is -0.507 e. The van der Waals surface area contributed by atoms with Crippen LogP contribution in [0.25, 0.3) is 5.76 Å². The monoisotopic (exact) mass is 484 g/mol. The molecule has 1 fully saturated rings. The lowest BCUT2D eigenvalue weighted by Gasteiger charge is -2.27. The Morgan fingerprint density at radius 1 is 1.00 bits per heavy atom. The number of likely N-dealkylation sites (tertiary alicyclic amines) is 1. The fourth-order valence-electron chi connectivity index (χ4n) is 4.06. The summed E-state index contributed by atoms with van der Waals surface area (Å²) in [6, 6.07) is 9.23. The maximum absolute atomic E-state index is 13.2. The van der Waals surface area contributed by atoms with Crippen molar-refractivity contribution in [3.63, 3.8) is 0 Å². The number of amides is 1. The van der Waals surface area contributed by atoms with Crippen molar-refractivity contribution in [1.29, 1.82) is 0 Å². The molecule has 3 rings (SSSR count). The van der Waals surface area contributed by atoms with Gasteiger partial charge in [0, 0.05) is 18.7 Å². The van der Waals surface area contributed by atoms with Crippen LogP contribution >= 0.6 is 0 Å². The van der Waals surface area contributed by atoms with Crippen LogP contribution in [0.4, 0.5) is 0 Å². The SMILES string of the molecule is CCOc1ccc(C(O)=C2C(=O)C(=O)N(CCN(C)C)[C@@H]2c2cc(OC)c(OC)c(OC)c2)cc1. The van der Waals surface area contributed by atoms with Gasteiger partial charge in [-0.15, -0.1) is 0 Å². The number of aliphatic hydroxyl groups is 1. The highest BCUT2D eigenvalue weighted by molar-refractivity contribution is 6.46. The minimum atomic E-state index is -0.852. The van der Waals surface area contributed by atoms with Crippen LogP contribution in [0.1, 0.15) is 24.1 Å². The molecule has 1 aliphatic heterocycles. The first kappa shape index (κ1) is 25.9. The lowest BCUT2D eigenvalue weighted by molar-refractivity contribution is -0.140. The first-order chi connectivity index (χ1) is 16.8. The van der Waals surface area contributed by atoms with E-state index < -0.39 is 17.7 Å². The number of carbonyl (C=O) groups is 2. The van der Waals surface area contributed by atoms with Gasteiger partial charge in [-0.3, -0.25) is 9.59 Å². The van der Waals surface area contributed by atoms with Crippen molar-refractivity contribution in [3.05, 3.63) is 53.1 Å². The highest BCUT2D eigenvalue weighted by Gasteiger charge is 2.46. The molecule has 0 saturated carbocycles. The number of benzene rings is 2. The zero-order valence-corrected chi connectivity index (χ0v) is 21.0. The Bertz CT molecular complexity index is 1080. The molecule has 9 heteroatoms. The second kappa shape index (κ2) is 11.1. The van der Waals surface area contributed by atoms with Gasteiger partial charge in [0.25, 0.3) is 11.7 Å². The molecule has 1 aliphatic rings. The van der Waals surface area contributed by atoms with Crippen LogP contribution in [0, 0.1) is 0 Å². The molecular formula is C26H32N2O7. The van der Waals surface area contributed by atoms with Crippen molar-refractivity contribution in [2.45, 2.75) is 13.0 Å². The summed E-state index contributed by atoms with van der Waals surface area (Å²) in [5, 5.41) is 11.3. The number of aliphatic hydroxyl groups excluding tert-OH is 1. The first-order valence-electron chi connectivity index (χ1n) is 11.2. The smallest absolute Gasteiger partial charge is 0.295 e. The van der Waals surface area contributed by atoms with Crippen LogP contribution in [0.15, 0.2) is 42.0 Å². The van der Waals surface area contributed by atoms with Crippen LogP contribution in [0.2, 0.25) is 0 Å². The van der Waals surface area contributed by atoms with Gasteiger partial charge < -0.3 is 33.9 Å². The fourth-order valence-corrected chi connectivity index (χ4v) is 4.06. The number of methoxy groups -OCH3 is 3. The van der Waals surface area contributed by atoms with Gasteiger partial charge in [0.1, 0.15) is 11.5 Å². The third-order valence-corrected chi connectivity index (χ3v) is 5.77. The van der Waals surface area contributed by atoms with Gasteiger partial charge in [-0.25, -0.2) is 0 Å². The van der Waals surface area contributed by atoms with Crippen molar-refractivity contribution in [2.24, 2.45) is 0 Å². The fraction of sp³-hybridized carbons (Fsp3) is 0.385. The minimum absolute atomic E-state index is 0.00723. The van der Waals surface area contributed by atoms with Gasteiger partial charge in [-0.1, -0.05) is 0 Å². The summed E-state index contributed by atoms with van der Waals surface area (Å²) in [6.45, 7) is 3.18. The third-order valence-electron chi connectivity index (χ3n) is 5.77. The Hall–Kier alpha value is -3.72. The van der Waals surface area contributed by atoms with Crippen molar-refractivity contribution < 1.29 is 33.6 Å². The van der Waals surface area contributed by atoms with E-state index in [-0.39, 0.29) is 17.9 Å². The molecule has 0 aliphatic carbocycles. The van der Waals surface area contributed by atoms with E-state index in [9.17, 15) is 14.7 Å². The van der Waals surface area contributed by atoms with E-state index in [4.69, 9.17) is 18.9 Å². The van der Waals surface area contributed by atoms with E-state index in [1.54, 1.807) is 36.4 Å². The molecule has 0 aromatic heterocycles. The Kier molecular flexibility index (Phi) is 8.24. The molecule has 1 amide bonds. The number of ether oxygens (including phenoxy) is 4. The Labute approximate surface area is 205 Å². The predicted molar refractivity (Wildman–Crippen MR) is 131 cm³/mol. The normalized spacial score (nSPS) is 17.1. The molecule has 1 N–H and O–H groups in total. The van der Waals surface area contributed by atoms with Gasteiger partial charge in [0.2, 0.25) is 5.75 Å². The summed E-state index contributed by atoms with van der Waals surface area (Å²) in [5.74, 6) is 0.0684. The van der Waals surface area contributed by atoms with E-state index in [2.05, 4.69) is 0 Å². The highest BCUT2D eigenvalue weighted by Crippen LogP contribution is 2.45. The Morgan fingerprint density at radius 3 is 2.09 bits per heavy atom. The number of nitrogens with zero attached hydrogens (tertiary/aromatic N) is 2. The molecular weight excluding hydrogens is 452 g/mol. The quantitative estimate of drug-likeness (QED) is 0.312. The molecule has 1 atom stereocenters. The maximum Gasteiger partial charge on any atom is 0.295 e. The average molecular weight is 485 g/mol. The topological polar surface area (TPSA) is 97.8 Å². The molecule has 0 bridgehead atoms. The van der Waals surface area contributed by atoms with E-state index >= 15 is 0 Å².